The minimum absolute atomic E-state index is 0.0917. The van der Waals surface area contributed by atoms with Gasteiger partial charge in [-0.15, -0.1) is 0 Å². The third-order valence-corrected chi connectivity index (χ3v) is 6.46. The van der Waals surface area contributed by atoms with E-state index in [-0.39, 0.29) is 5.60 Å². The van der Waals surface area contributed by atoms with Crippen LogP contribution in [0.5, 0.6) is 0 Å². The molecule has 1 aromatic rings. The molecule has 0 bridgehead atoms. The normalized spacial score (nSPS) is 12.9. The maximum absolute atomic E-state index is 6.25. The monoisotopic (exact) mass is 286 g/mol. The summed E-state index contributed by atoms with van der Waals surface area (Å²) < 4.78 is 6.25. The van der Waals surface area contributed by atoms with E-state index in [4.69, 9.17) is 4.43 Å². The molecule has 0 heterocycles. The van der Waals surface area contributed by atoms with Gasteiger partial charge in [0.05, 0.1) is 5.60 Å². The topological polar surface area (TPSA) is 9.23 Å². The van der Waals surface area contributed by atoms with Crippen molar-refractivity contribution in [1.29, 1.82) is 0 Å². The van der Waals surface area contributed by atoms with Gasteiger partial charge in [-0.3, -0.25) is 0 Å². The van der Waals surface area contributed by atoms with Crippen molar-refractivity contribution in [3.63, 3.8) is 0 Å². The van der Waals surface area contributed by atoms with E-state index in [0.717, 1.165) is 5.33 Å². The first-order valence-electron chi connectivity index (χ1n) is 5.19. The van der Waals surface area contributed by atoms with Gasteiger partial charge in [-0.05, 0) is 32.1 Å². The van der Waals surface area contributed by atoms with E-state index < -0.39 is 8.32 Å². The summed E-state index contributed by atoms with van der Waals surface area (Å²) in [7, 11) is -1.77. The Morgan fingerprint density at radius 2 is 1.73 bits per heavy atom. The van der Waals surface area contributed by atoms with Crippen LogP contribution in [0.15, 0.2) is 30.3 Å². The lowest BCUT2D eigenvalue weighted by Crippen LogP contribution is -2.50. The van der Waals surface area contributed by atoms with Gasteiger partial charge in [-0.25, -0.2) is 0 Å². The van der Waals surface area contributed by atoms with E-state index in [1.807, 2.05) is 6.07 Å². The molecule has 15 heavy (non-hydrogen) atoms. The van der Waals surface area contributed by atoms with Crippen LogP contribution in [0.2, 0.25) is 13.1 Å². The Hall–Kier alpha value is -0.123. The molecule has 0 aliphatic carbocycles. The Kier molecular flexibility index (Phi) is 4.15. The molecule has 3 heteroatoms. The van der Waals surface area contributed by atoms with Crippen molar-refractivity contribution in [2.45, 2.75) is 32.5 Å². The zero-order valence-electron chi connectivity index (χ0n) is 9.88. The van der Waals surface area contributed by atoms with Gasteiger partial charge < -0.3 is 4.43 Å². The second-order valence-electron chi connectivity index (χ2n) is 4.87. The summed E-state index contributed by atoms with van der Waals surface area (Å²) in [5, 5.41) is 2.21. The summed E-state index contributed by atoms with van der Waals surface area (Å²) in [6, 6.07) is 10.5. The third kappa shape index (κ3) is 3.74. The predicted molar refractivity (Wildman–Crippen MR) is 72.5 cm³/mol. The fourth-order valence-corrected chi connectivity index (χ4v) is 4.51. The summed E-state index contributed by atoms with van der Waals surface area (Å²) in [5.74, 6) is 0. The lowest BCUT2D eigenvalue weighted by atomic mass is 10.2. The van der Waals surface area contributed by atoms with E-state index in [1.54, 1.807) is 0 Å². The molecule has 0 amide bonds. The second-order valence-corrected chi connectivity index (χ2v) is 9.23. The van der Waals surface area contributed by atoms with Crippen molar-refractivity contribution < 1.29 is 4.43 Å². The zero-order chi connectivity index (χ0) is 11.5. The van der Waals surface area contributed by atoms with E-state index in [9.17, 15) is 0 Å². The van der Waals surface area contributed by atoms with Gasteiger partial charge >= 0.3 is 0 Å². The highest BCUT2D eigenvalue weighted by molar-refractivity contribution is 9.09. The van der Waals surface area contributed by atoms with E-state index in [0.29, 0.717) is 0 Å². The maximum atomic E-state index is 6.25. The molecule has 84 valence electrons. The van der Waals surface area contributed by atoms with Crippen LogP contribution in [-0.4, -0.2) is 19.2 Å². The summed E-state index contributed by atoms with van der Waals surface area (Å²) >= 11 is 3.49. The average molecular weight is 287 g/mol. The van der Waals surface area contributed by atoms with Gasteiger partial charge in [0, 0.05) is 5.33 Å². The Morgan fingerprint density at radius 1 is 1.20 bits per heavy atom. The first-order chi connectivity index (χ1) is 6.87. The van der Waals surface area contributed by atoms with Crippen molar-refractivity contribution in [2.75, 3.05) is 5.33 Å². The van der Waals surface area contributed by atoms with Crippen LogP contribution in [0.3, 0.4) is 0 Å². The Bertz CT molecular complexity index is 309. The Balaban J connectivity index is 2.85. The molecule has 0 saturated heterocycles. The first-order valence-corrected chi connectivity index (χ1v) is 9.22. The fourth-order valence-electron chi connectivity index (χ4n) is 1.62. The average Bonchev–Trinajstić information content (AvgIpc) is 2.18. The molecule has 0 spiro atoms. The van der Waals surface area contributed by atoms with E-state index in [2.05, 4.69) is 67.1 Å². The fraction of sp³-hybridized carbons (Fsp3) is 0.500. The number of alkyl halides is 1. The van der Waals surface area contributed by atoms with Crippen LogP contribution in [0.25, 0.3) is 0 Å². The molecule has 0 aliphatic heterocycles. The van der Waals surface area contributed by atoms with Gasteiger partial charge in [0.2, 0.25) is 8.32 Å². The van der Waals surface area contributed by atoms with Crippen LogP contribution in [0.1, 0.15) is 13.8 Å². The van der Waals surface area contributed by atoms with Crippen molar-refractivity contribution >= 4 is 29.4 Å². The molecule has 0 aliphatic rings. The minimum Gasteiger partial charge on any atom is -0.407 e. The second kappa shape index (κ2) is 4.81. The van der Waals surface area contributed by atoms with Crippen molar-refractivity contribution in [3.8, 4) is 0 Å². The molecule has 1 aromatic carbocycles. The molecule has 0 radical (unpaired) electrons. The lowest BCUT2D eigenvalue weighted by Gasteiger charge is -2.34. The van der Waals surface area contributed by atoms with Crippen molar-refractivity contribution in [1.82, 2.24) is 0 Å². The molecular weight excluding hydrogens is 268 g/mol. The van der Waals surface area contributed by atoms with E-state index >= 15 is 0 Å². The molecule has 0 saturated carbocycles. The SMILES string of the molecule is CC(C)(CBr)O[Si](C)(C)c1ccccc1. The number of rotatable bonds is 4. The molecule has 0 atom stereocenters. The van der Waals surface area contributed by atoms with Gasteiger partial charge in [-0.2, -0.15) is 0 Å². The van der Waals surface area contributed by atoms with Crippen LogP contribution in [-0.2, 0) is 4.43 Å². The smallest absolute Gasteiger partial charge is 0.218 e. The first kappa shape index (κ1) is 12.9. The molecule has 1 rings (SSSR count). The molecule has 0 aromatic heterocycles. The summed E-state index contributed by atoms with van der Waals surface area (Å²) in [6.45, 7) is 8.73. The highest BCUT2D eigenvalue weighted by atomic mass is 79.9. The quantitative estimate of drug-likeness (QED) is 0.610. The maximum Gasteiger partial charge on any atom is 0.218 e. The number of benzene rings is 1. The van der Waals surface area contributed by atoms with Crippen molar-refractivity contribution in [2.24, 2.45) is 0 Å². The molecule has 0 N–H and O–H groups in total. The highest BCUT2D eigenvalue weighted by Gasteiger charge is 2.32. The Labute approximate surface area is 102 Å². The standard InChI is InChI=1S/C12H19BrOSi/c1-12(2,10-13)14-15(3,4)11-8-6-5-7-9-11/h5-9H,10H2,1-4H3. The lowest BCUT2D eigenvalue weighted by molar-refractivity contribution is 0.131. The van der Waals surface area contributed by atoms with Gasteiger partial charge in [-0.1, -0.05) is 46.3 Å². The summed E-state index contributed by atoms with van der Waals surface area (Å²) in [6.07, 6.45) is 0. The number of halogens is 1. The highest BCUT2D eigenvalue weighted by Crippen LogP contribution is 2.19. The van der Waals surface area contributed by atoms with Gasteiger partial charge in [0.1, 0.15) is 0 Å². The molecule has 0 unspecified atom stereocenters. The third-order valence-electron chi connectivity index (χ3n) is 2.32. The van der Waals surface area contributed by atoms with Gasteiger partial charge in [0.25, 0.3) is 0 Å². The van der Waals surface area contributed by atoms with Crippen LogP contribution in [0.4, 0.5) is 0 Å². The Morgan fingerprint density at radius 3 is 2.20 bits per heavy atom. The summed E-state index contributed by atoms with van der Waals surface area (Å²) in [4.78, 5) is 0. The molecule has 0 fully saturated rings. The predicted octanol–water partition coefficient (Wildman–Crippen LogP) is 3.29. The van der Waals surface area contributed by atoms with Crippen LogP contribution < -0.4 is 5.19 Å². The molecule has 1 nitrogen and oxygen atoms in total. The van der Waals surface area contributed by atoms with Crippen molar-refractivity contribution in [3.05, 3.63) is 30.3 Å². The number of hydrogen-bond donors (Lipinski definition) is 0. The van der Waals surface area contributed by atoms with Gasteiger partial charge in [0.15, 0.2) is 0 Å². The van der Waals surface area contributed by atoms with E-state index in [1.165, 1.54) is 5.19 Å². The number of hydrogen-bond acceptors (Lipinski definition) is 1. The van der Waals surface area contributed by atoms with Crippen LogP contribution in [0, 0.1) is 0 Å². The van der Waals surface area contributed by atoms with Crippen LogP contribution >= 0.6 is 15.9 Å². The summed E-state index contributed by atoms with van der Waals surface area (Å²) in [5.41, 5.74) is -0.0917. The minimum atomic E-state index is -1.77. The molecular formula is C12H19BrOSi. The zero-order valence-corrected chi connectivity index (χ0v) is 12.5. The largest absolute Gasteiger partial charge is 0.407 e.